The molecule has 0 aliphatic carbocycles. The maximum Gasteiger partial charge on any atom is 0.407 e. The monoisotopic (exact) mass is 882 g/mol. The number of amides is 7. The third-order valence-electron chi connectivity index (χ3n) is 9.71. The van der Waals surface area contributed by atoms with Crippen LogP contribution >= 0.6 is 0 Å². The summed E-state index contributed by atoms with van der Waals surface area (Å²) in [5, 5.41) is 15.7. The van der Waals surface area contributed by atoms with Gasteiger partial charge in [-0.25, -0.2) is 9.59 Å². The van der Waals surface area contributed by atoms with E-state index in [1.165, 1.54) is 71.6 Å². The van der Waals surface area contributed by atoms with Crippen LogP contribution in [0.15, 0.2) is 0 Å². The van der Waals surface area contributed by atoms with Gasteiger partial charge in [0.05, 0.1) is 6.04 Å². The van der Waals surface area contributed by atoms with E-state index >= 15 is 0 Å². The fourth-order valence-corrected chi connectivity index (χ4v) is 6.32. The van der Waals surface area contributed by atoms with Gasteiger partial charge in [0.1, 0.15) is 29.3 Å². The number of Topliss-reactive ketones (excluding diaryl/α,β-unsaturated/α-hetero) is 1. The molecule has 17 heteroatoms. The number of unbranched alkanes of at least 4 members (excludes halogenated alkanes) is 14. The topological polar surface area (TPSA) is 253 Å². The van der Waals surface area contributed by atoms with Gasteiger partial charge in [-0.2, -0.15) is 0 Å². The van der Waals surface area contributed by atoms with Gasteiger partial charge in [-0.05, 0) is 100 Å². The van der Waals surface area contributed by atoms with Crippen molar-refractivity contribution < 1.29 is 47.8 Å². The Hall–Kier alpha value is -4.44. The molecule has 0 spiro atoms. The fraction of sp³-hybridized carbons (Fsp3) is 0.822. The summed E-state index contributed by atoms with van der Waals surface area (Å²) in [7, 11) is 0. The molecule has 4 atom stereocenters. The Morgan fingerprint density at radius 3 is 1.29 bits per heavy atom. The second kappa shape index (κ2) is 32.3. The molecule has 0 radical (unpaired) electrons. The van der Waals surface area contributed by atoms with E-state index in [-0.39, 0.29) is 31.7 Å². The molecule has 0 rings (SSSR count). The van der Waals surface area contributed by atoms with Gasteiger partial charge in [0.2, 0.25) is 29.4 Å². The van der Waals surface area contributed by atoms with Crippen LogP contribution in [0, 0.1) is 0 Å². The van der Waals surface area contributed by atoms with E-state index in [4.69, 9.17) is 15.2 Å². The molecule has 0 aromatic carbocycles. The molecule has 0 saturated carbocycles. The molecule has 0 aromatic heterocycles. The van der Waals surface area contributed by atoms with Crippen molar-refractivity contribution in [2.45, 2.75) is 226 Å². The summed E-state index contributed by atoms with van der Waals surface area (Å²) in [6, 6.07) is -4.51. The number of nitrogens with one attached hydrogen (secondary N) is 6. The summed E-state index contributed by atoms with van der Waals surface area (Å²) in [5.41, 5.74) is 3.90. The zero-order valence-electron chi connectivity index (χ0n) is 39.5. The minimum atomic E-state index is -1.26. The number of hydrogen-bond donors (Lipinski definition) is 7. The Kier molecular flexibility index (Phi) is 30.0. The van der Waals surface area contributed by atoms with Crippen molar-refractivity contribution in [3.63, 3.8) is 0 Å². The first kappa shape index (κ1) is 57.6. The summed E-state index contributed by atoms with van der Waals surface area (Å²) in [4.78, 5) is 101. The summed E-state index contributed by atoms with van der Waals surface area (Å²) >= 11 is 0. The molecular weight excluding hydrogens is 799 g/mol. The molecule has 358 valence electrons. The minimum absolute atomic E-state index is 0.0418. The highest BCUT2D eigenvalue weighted by atomic mass is 16.6. The number of rotatable bonds is 33. The van der Waals surface area contributed by atoms with Gasteiger partial charge in [-0.1, -0.05) is 84.0 Å². The van der Waals surface area contributed by atoms with E-state index in [0.29, 0.717) is 38.6 Å². The smallest absolute Gasteiger partial charge is 0.407 e. The molecule has 0 aliphatic rings. The zero-order valence-corrected chi connectivity index (χ0v) is 39.5. The number of ether oxygens (including phenoxy) is 2. The quantitative estimate of drug-likeness (QED) is 0.0304. The summed E-state index contributed by atoms with van der Waals surface area (Å²) < 4.78 is 10.4. The van der Waals surface area contributed by atoms with Crippen LogP contribution in [0.25, 0.3) is 0 Å². The van der Waals surface area contributed by atoms with Crippen molar-refractivity contribution >= 4 is 47.5 Å². The van der Waals surface area contributed by atoms with Gasteiger partial charge in [-0.15, -0.1) is 0 Å². The molecular formula is C45H83N7O10. The van der Waals surface area contributed by atoms with E-state index in [1.54, 1.807) is 41.5 Å². The van der Waals surface area contributed by atoms with Crippen LogP contribution in [-0.4, -0.2) is 96.0 Å². The molecule has 62 heavy (non-hydrogen) atoms. The van der Waals surface area contributed by atoms with Crippen LogP contribution in [0.5, 0.6) is 0 Å². The van der Waals surface area contributed by atoms with Gasteiger partial charge in [0.15, 0.2) is 0 Å². The number of nitrogens with two attached hydrogens (primary N) is 1. The van der Waals surface area contributed by atoms with Crippen LogP contribution < -0.4 is 37.6 Å². The van der Waals surface area contributed by atoms with Gasteiger partial charge in [0.25, 0.3) is 5.91 Å². The van der Waals surface area contributed by atoms with Crippen molar-refractivity contribution in [1.29, 1.82) is 0 Å². The molecule has 0 unspecified atom stereocenters. The Morgan fingerprint density at radius 2 is 0.871 bits per heavy atom. The Labute approximate surface area is 371 Å². The molecule has 0 fully saturated rings. The minimum Gasteiger partial charge on any atom is -0.444 e. The number of ketones is 1. The van der Waals surface area contributed by atoms with Gasteiger partial charge in [-0.3, -0.25) is 28.8 Å². The highest BCUT2D eigenvalue weighted by Gasteiger charge is 2.29. The van der Waals surface area contributed by atoms with E-state index in [1.807, 2.05) is 0 Å². The summed E-state index contributed by atoms with van der Waals surface area (Å²) in [6.45, 7) is 16.0. The van der Waals surface area contributed by atoms with Gasteiger partial charge in [0, 0.05) is 19.5 Å². The predicted octanol–water partition coefficient (Wildman–Crippen LogP) is 5.89. The van der Waals surface area contributed by atoms with Crippen molar-refractivity contribution in [3.8, 4) is 0 Å². The zero-order chi connectivity index (χ0) is 47.1. The van der Waals surface area contributed by atoms with Crippen molar-refractivity contribution in [3.05, 3.63) is 0 Å². The summed E-state index contributed by atoms with van der Waals surface area (Å²) in [5.74, 6) is -4.58. The van der Waals surface area contributed by atoms with E-state index in [0.717, 1.165) is 19.3 Å². The number of carbonyl (C=O) groups is 8. The number of alkyl carbamates (subject to hydrolysis) is 2. The highest BCUT2D eigenvalue weighted by Crippen LogP contribution is 2.14. The maximum atomic E-state index is 13.5. The lowest BCUT2D eigenvalue weighted by Gasteiger charge is -2.23. The average Bonchev–Trinajstić information content (AvgIpc) is 3.16. The van der Waals surface area contributed by atoms with Crippen LogP contribution in [0.3, 0.4) is 0 Å². The lowest BCUT2D eigenvalue weighted by Crippen LogP contribution is -2.56. The Morgan fingerprint density at radius 1 is 0.484 bits per heavy atom. The first-order valence-corrected chi connectivity index (χ1v) is 23.0. The van der Waals surface area contributed by atoms with Crippen molar-refractivity contribution in [1.82, 2.24) is 31.9 Å². The van der Waals surface area contributed by atoms with Crippen molar-refractivity contribution in [2.24, 2.45) is 5.73 Å². The predicted molar refractivity (Wildman–Crippen MR) is 240 cm³/mol. The van der Waals surface area contributed by atoms with E-state index in [9.17, 15) is 38.4 Å². The lowest BCUT2D eigenvalue weighted by atomic mass is 10.0. The Balaban J connectivity index is 5.17. The standard InChI is InChI=1S/C45H83N7O10/c1-10-11-12-13-14-15-16-17-18-19-20-21-22-29-36(53)51-35(28-24-26-31-48-43(60)62-45(7,8)9)41(58)50-32(2)39(56)49-33(3)40(57)52-34(37(54)38(46)55)27-23-25-30-47-42(59)61-44(4,5)6/h32-35H,10-31H2,1-9H3,(H2,46,55)(H,47,59)(H,48,60)(H,49,56)(H,50,58)(H,51,53)(H,52,57)/t32-,33-,34-,35-/m0/s1. The highest BCUT2D eigenvalue weighted by molar-refractivity contribution is 6.37. The lowest BCUT2D eigenvalue weighted by molar-refractivity contribution is -0.139. The summed E-state index contributed by atoms with van der Waals surface area (Å²) in [6.07, 6.45) is 16.4. The van der Waals surface area contributed by atoms with Crippen LogP contribution in [0.1, 0.15) is 191 Å². The molecule has 0 aromatic rings. The number of hydrogen-bond acceptors (Lipinski definition) is 10. The van der Waals surface area contributed by atoms with Crippen LogP contribution in [0.4, 0.5) is 9.59 Å². The van der Waals surface area contributed by atoms with E-state index < -0.39 is 77.0 Å². The normalized spacial score (nSPS) is 13.4. The molecule has 0 aliphatic heterocycles. The fourth-order valence-electron chi connectivity index (χ4n) is 6.32. The third kappa shape index (κ3) is 31.4. The first-order valence-electron chi connectivity index (χ1n) is 23.0. The van der Waals surface area contributed by atoms with Crippen molar-refractivity contribution in [2.75, 3.05) is 13.1 Å². The molecule has 7 amide bonds. The van der Waals surface area contributed by atoms with E-state index in [2.05, 4.69) is 38.8 Å². The molecule has 17 nitrogen and oxygen atoms in total. The number of primary amides is 1. The van der Waals surface area contributed by atoms with Gasteiger partial charge >= 0.3 is 12.2 Å². The molecule has 0 heterocycles. The molecule has 0 bridgehead atoms. The second-order valence-corrected chi connectivity index (χ2v) is 18.2. The van der Waals surface area contributed by atoms with Crippen LogP contribution in [0.2, 0.25) is 0 Å². The first-order chi connectivity index (χ1) is 29.1. The van der Waals surface area contributed by atoms with Crippen LogP contribution in [-0.2, 0) is 38.2 Å². The molecule has 0 saturated heterocycles. The molecule has 8 N–H and O–H groups in total. The second-order valence-electron chi connectivity index (χ2n) is 18.2. The average molecular weight is 882 g/mol. The maximum absolute atomic E-state index is 13.5. The van der Waals surface area contributed by atoms with Gasteiger partial charge < -0.3 is 47.1 Å². The largest absolute Gasteiger partial charge is 0.444 e. The Bertz CT molecular complexity index is 1380. The third-order valence-corrected chi connectivity index (χ3v) is 9.71. The number of carbonyl (C=O) groups excluding carboxylic acids is 8. The SMILES string of the molecule is CCCCCCCCCCCCCCCC(=O)N[C@@H](CCCCNC(=O)OC(C)(C)C)C(=O)N[C@@H](C)C(=O)N[C@@H](C)C(=O)N[C@@H](CCCCNC(=O)OC(C)(C)C)C(=O)C(N)=O.